The first kappa shape index (κ1) is 30.6. The standard InChI is InChI=1S/C28H33Cl2N3O6/c1-14-7-5-10-19-23(14)15(2)24(32-19)26(37)28(3,4)25(31)27(38)33-20(11-22(35)36)21(34)13-39-12-16-17(29)8-6-9-18(16)30/h5-10,20-21,25,32,34H,11-13,31H2,1-4H3,(H,33,38)(H,35,36)/t20?,21?,25-/m1/s1. The third kappa shape index (κ3) is 6.80. The van der Waals surface area contributed by atoms with E-state index in [1.807, 2.05) is 32.0 Å². The maximum atomic E-state index is 13.6. The summed E-state index contributed by atoms with van der Waals surface area (Å²) in [6, 6.07) is 8.07. The number of Topliss-reactive ketones (excluding diaryl/α,β-unsaturated/α-hetero) is 1. The monoisotopic (exact) mass is 577 g/mol. The SMILES string of the molecule is Cc1cccc2[nH]c(C(=O)C(C)(C)[C@H](N)C(=O)NC(CC(=O)O)C(O)COCc3c(Cl)cccc3Cl)c(C)c12. The third-order valence-electron chi connectivity index (χ3n) is 6.94. The number of aliphatic hydroxyl groups excluding tert-OH is 1. The Kier molecular flexibility index (Phi) is 9.79. The molecule has 1 amide bonds. The number of nitrogens with one attached hydrogen (secondary N) is 2. The first-order valence-corrected chi connectivity index (χ1v) is 13.1. The number of carbonyl (C=O) groups excluding carboxylic acids is 2. The van der Waals surface area contributed by atoms with Crippen LogP contribution in [-0.2, 0) is 20.9 Å². The lowest BCUT2D eigenvalue weighted by molar-refractivity contribution is -0.139. The molecular formula is C28H33Cl2N3O6. The van der Waals surface area contributed by atoms with E-state index in [2.05, 4.69) is 10.3 Å². The van der Waals surface area contributed by atoms with Crippen LogP contribution in [0.1, 0.15) is 47.4 Å². The third-order valence-corrected chi connectivity index (χ3v) is 7.65. The Hall–Kier alpha value is -2.95. The maximum absolute atomic E-state index is 13.6. The summed E-state index contributed by atoms with van der Waals surface area (Å²) in [5.41, 5.74) is 8.31. The number of hydrogen-bond donors (Lipinski definition) is 5. The van der Waals surface area contributed by atoms with Crippen LogP contribution in [0.2, 0.25) is 10.0 Å². The van der Waals surface area contributed by atoms with Gasteiger partial charge in [-0.3, -0.25) is 14.4 Å². The van der Waals surface area contributed by atoms with Crippen LogP contribution in [-0.4, -0.2) is 57.7 Å². The van der Waals surface area contributed by atoms with Gasteiger partial charge in [0.05, 0.1) is 48.9 Å². The van der Waals surface area contributed by atoms with E-state index in [9.17, 15) is 24.6 Å². The van der Waals surface area contributed by atoms with Crippen molar-refractivity contribution >= 4 is 51.8 Å². The van der Waals surface area contributed by atoms with E-state index < -0.39 is 41.9 Å². The predicted molar refractivity (Wildman–Crippen MR) is 150 cm³/mol. The number of aromatic amines is 1. The number of carbonyl (C=O) groups is 3. The summed E-state index contributed by atoms with van der Waals surface area (Å²) >= 11 is 12.3. The minimum Gasteiger partial charge on any atom is -0.481 e. The number of rotatable bonds is 12. The molecule has 6 N–H and O–H groups in total. The number of aromatic nitrogens is 1. The Morgan fingerprint density at radius 3 is 2.31 bits per heavy atom. The number of benzene rings is 2. The van der Waals surface area contributed by atoms with Gasteiger partial charge in [-0.1, -0.05) is 55.2 Å². The van der Waals surface area contributed by atoms with Crippen LogP contribution in [0.3, 0.4) is 0 Å². The molecule has 0 bridgehead atoms. The smallest absolute Gasteiger partial charge is 0.305 e. The highest BCUT2D eigenvalue weighted by molar-refractivity contribution is 6.35. The van der Waals surface area contributed by atoms with Gasteiger partial charge < -0.3 is 31.0 Å². The molecule has 11 heteroatoms. The summed E-state index contributed by atoms with van der Waals surface area (Å²) in [6.07, 6.45) is -1.99. The average Bonchev–Trinajstić information content (AvgIpc) is 3.21. The van der Waals surface area contributed by atoms with Crippen LogP contribution in [0, 0.1) is 19.3 Å². The highest BCUT2D eigenvalue weighted by Gasteiger charge is 2.42. The fourth-order valence-corrected chi connectivity index (χ4v) is 4.96. The van der Waals surface area contributed by atoms with Crippen molar-refractivity contribution in [2.45, 2.75) is 58.9 Å². The molecule has 0 aliphatic carbocycles. The van der Waals surface area contributed by atoms with Crippen molar-refractivity contribution in [3.05, 3.63) is 68.8 Å². The van der Waals surface area contributed by atoms with Crippen LogP contribution in [0.15, 0.2) is 36.4 Å². The average molecular weight is 578 g/mol. The number of aliphatic carboxylic acids is 1. The Morgan fingerprint density at radius 2 is 1.72 bits per heavy atom. The molecule has 3 rings (SSSR count). The van der Waals surface area contributed by atoms with Crippen LogP contribution >= 0.6 is 23.2 Å². The molecule has 9 nitrogen and oxygen atoms in total. The Morgan fingerprint density at radius 1 is 1.10 bits per heavy atom. The van der Waals surface area contributed by atoms with Crippen LogP contribution in [0.4, 0.5) is 0 Å². The van der Waals surface area contributed by atoms with E-state index in [0.29, 0.717) is 21.3 Å². The number of ketones is 1. The van der Waals surface area contributed by atoms with E-state index in [1.165, 1.54) is 0 Å². The van der Waals surface area contributed by atoms with Gasteiger partial charge >= 0.3 is 5.97 Å². The second-order valence-electron chi connectivity index (χ2n) is 10.1. The van der Waals surface area contributed by atoms with Gasteiger partial charge in [-0.2, -0.15) is 0 Å². The van der Waals surface area contributed by atoms with E-state index in [-0.39, 0.29) is 19.0 Å². The number of H-pyrrole nitrogens is 1. The van der Waals surface area contributed by atoms with Gasteiger partial charge in [0.1, 0.15) is 0 Å². The van der Waals surface area contributed by atoms with Crippen molar-refractivity contribution in [1.29, 1.82) is 0 Å². The normalized spacial score (nSPS) is 14.2. The van der Waals surface area contributed by atoms with Gasteiger partial charge in [0, 0.05) is 26.5 Å². The van der Waals surface area contributed by atoms with E-state index in [0.717, 1.165) is 22.0 Å². The molecule has 0 radical (unpaired) electrons. The molecule has 2 unspecified atom stereocenters. The van der Waals surface area contributed by atoms with E-state index in [1.54, 1.807) is 32.0 Å². The highest BCUT2D eigenvalue weighted by atomic mass is 35.5. The first-order chi connectivity index (χ1) is 18.2. The number of carboxylic acid groups (broad SMARTS) is 1. The molecule has 0 aliphatic rings. The molecule has 0 spiro atoms. The number of ether oxygens (including phenoxy) is 1. The van der Waals surface area contributed by atoms with E-state index in [4.69, 9.17) is 33.7 Å². The molecule has 2 aromatic carbocycles. The van der Waals surface area contributed by atoms with Crippen molar-refractivity contribution in [3.8, 4) is 0 Å². The molecule has 1 aromatic heterocycles. The number of hydrogen-bond acceptors (Lipinski definition) is 6. The maximum Gasteiger partial charge on any atom is 0.305 e. The predicted octanol–water partition coefficient (Wildman–Crippen LogP) is 4.16. The van der Waals surface area contributed by atoms with Gasteiger partial charge in [0.2, 0.25) is 5.91 Å². The van der Waals surface area contributed by atoms with Crippen LogP contribution in [0.5, 0.6) is 0 Å². The van der Waals surface area contributed by atoms with Gasteiger partial charge in [-0.25, -0.2) is 0 Å². The summed E-state index contributed by atoms with van der Waals surface area (Å²) in [4.78, 5) is 41.3. The minimum absolute atomic E-state index is 0.0341. The van der Waals surface area contributed by atoms with Crippen molar-refractivity contribution in [3.63, 3.8) is 0 Å². The first-order valence-electron chi connectivity index (χ1n) is 12.3. The fourth-order valence-electron chi connectivity index (χ4n) is 4.45. The van der Waals surface area contributed by atoms with Crippen molar-refractivity contribution in [2.24, 2.45) is 11.1 Å². The summed E-state index contributed by atoms with van der Waals surface area (Å²) in [5, 5.41) is 24.2. The number of halogens is 2. The second kappa shape index (κ2) is 12.5. The second-order valence-corrected chi connectivity index (χ2v) is 11.0. The van der Waals surface area contributed by atoms with Gasteiger partial charge in [-0.15, -0.1) is 0 Å². The molecule has 0 aliphatic heterocycles. The Labute approximate surface area is 236 Å². The number of fused-ring (bicyclic) bond motifs is 1. The molecular weight excluding hydrogens is 545 g/mol. The zero-order valence-corrected chi connectivity index (χ0v) is 23.7. The van der Waals surface area contributed by atoms with Crippen LogP contribution < -0.4 is 11.1 Å². The minimum atomic E-state index is -1.39. The van der Waals surface area contributed by atoms with Crippen molar-refractivity contribution in [1.82, 2.24) is 10.3 Å². The number of aryl methyl sites for hydroxylation is 2. The van der Waals surface area contributed by atoms with Gasteiger partial charge in [0.25, 0.3) is 0 Å². The molecule has 0 saturated heterocycles. The molecule has 0 saturated carbocycles. The number of nitrogens with two attached hydrogens (primary N) is 1. The van der Waals surface area contributed by atoms with Crippen molar-refractivity contribution in [2.75, 3.05) is 6.61 Å². The fraction of sp³-hybridized carbons (Fsp3) is 0.393. The highest BCUT2D eigenvalue weighted by Crippen LogP contribution is 2.32. The molecule has 39 heavy (non-hydrogen) atoms. The molecule has 0 fully saturated rings. The number of aliphatic hydroxyl groups is 1. The van der Waals surface area contributed by atoms with Gasteiger partial charge in [-0.05, 0) is 43.2 Å². The Balaban J connectivity index is 1.72. The molecule has 1 heterocycles. The van der Waals surface area contributed by atoms with E-state index >= 15 is 0 Å². The summed E-state index contributed by atoms with van der Waals surface area (Å²) in [7, 11) is 0. The van der Waals surface area contributed by atoms with Crippen molar-refractivity contribution < 1.29 is 29.3 Å². The summed E-state index contributed by atoms with van der Waals surface area (Å²) < 4.78 is 5.51. The summed E-state index contributed by atoms with van der Waals surface area (Å²) in [5.74, 6) is -2.40. The van der Waals surface area contributed by atoms with Crippen LogP contribution in [0.25, 0.3) is 10.9 Å². The molecule has 210 valence electrons. The quantitative estimate of drug-likeness (QED) is 0.202. The zero-order valence-electron chi connectivity index (χ0n) is 22.2. The van der Waals surface area contributed by atoms with Gasteiger partial charge in [0.15, 0.2) is 5.78 Å². The number of amides is 1. The zero-order chi connectivity index (χ0) is 29.1. The molecule has 3 atom stereocenters. The topological polar surface area (TPSA) is 155 Å². The largest absolute Gasteiger partial charge is 0.481 e. The summed E-state index contributed by atoms with van der Waals surface area (Å²) in [6.45, 7) is 6.53. The number of carboxylic acids is 1. The lowest BCUT2D eigenvalue weighted by Gasteiger charge is -2.31. The lowest BCUT2D eigenvalue weighted by atomic mass is 9.78. The Bertz CT molecular complexity index is 1370. The lowest BCUT2D eigenvalue weighted by Crippen LogP contribution is -2.57. The molecule has 3 aromatic rings.